The fourth-order valence-corrected chi connectivity index (χ4v) is 3.38. The minimum Gasteiger partial charge on any atom is -0.305 e. The van der Waals surface area contributed by atoms with Gasteiger partial charge in [-0.15, -0.1) is 0 Å². The molecule has 0 bridgehead atoms. The van der Waals surface area contributed by atoms with Crippen molar-refractivity contribution < 1.29 is 0 Å². The molecule has 0 spiro atoms. The predicted molar refractivity (Wildman–Crippen MR) is 71.8 cm³/mol. The van der Waals surface area contributed by atoms with E-state index in [1.54, 1.807) is 0 Å². The lowest BCUT2D eigenvalue weighted by Crippen LogP contribution is -2.34. The summed E-state index contributed by atoms with van der Waals surface area (Å²) in [6, 6.07) is 0. The van der Waals surface area contributed by atoms with Gasteiger partial charge in [0, 0.05) is 37.0 Å². The van der Waals surface area contributed by atoms with Gasteiger partial charge in [-0.25, -0.2) is 0 Å². The SMILES string of the molecule is CCC.CCN1C[C@]2(C)CN(C)C[C@]2(C)C1. The molecule has 0 amide bonds. The molecule has 0 radical (unpaired) electrons. The van der Waals surface area contributed by atoms with Crippen molar-refractivity contribution >= 4 is 0 Å². The second-order valence-corrected chi connectivity index (χ2v) is 6.30. The first-order valence-electron chi connectivity index (χ1n) is 6.81. The van der Waals surface area contributed by atoms with Crippen molar-refractivity contribution in [1.82, 2.24) is 9.80 Å². The summed E-state index contributed by atoms with van der Waals surface area (Å²) in [6.45, 7) is 17.8. The standard InChI is InChI=1S/C11H22N2.C3H8/c1-5-13-8-10(2)6-12(4)7-11(10,3)9-13;1-3-2/h5-9H2,1-4H3;3H2,1-2H3/t10-,11+;. The Bertz CT molecular complexity index is 209. The summed E-state index contributed by atoms with van der Waals surface area (Å²) < 4.78 is 0. The Morgan fingerprint density at radius 2 is 1.25 bits per heavy atom. The van der Waals surface area contributed by atoms with Gasteiger partial charge >= 0.3 is 0 Å². The normalized spacial score (nSPS) is 39.4. The van der Waals surface area contributed by atoms with E-state index in [9.17, 15) is 0 Å². The van der Waals surface area contributed by atoms with Crippen molar-refractivity contribution in [2.24, 2.45) is 10.8 Å². The van der Waals surface area contributed by atoms with Crippen LogP contribution in [0.3, 0.4) is 0 Å². The summed E-state index contributed by atoms with van der Waals surface area (Å²) in [7, 11) is 2.26. The zero-order chi connectivity index (χ0) is 12.4. The zero-order valence-corrected chi connectivity index (χ0v) is 12.1. The van der Waals surface area contributed by atoms with E-state index in [0.717, 1.165) is 0 Å². The maximum absolute atomic E-state index is 2.60. The molecule has 2 saturated heterocycles. The van der Waals surface area contributed by atoms with Gasteiger partial charge in [-0.05, 0) is 13.6 Å². The van der Waals surface area contributed by atoms with Crippen molar-refractivity contribution in [2.75, 3.05) is 39.8 Å². The van der Waals surface area contributed by atoms with E-state index in [1.807, 2.05) is 0 Å². The van der Waals surface area contributed by atoms with Gasteiger partial charge in [-0.3, -0.25) is 0 Å². The molecular formula is C14H30N2. The Hall–Kier alpha value is -0.0800. The number of hydrogen-bond donors (Lipinski definition) is 0. The summed E-state index contributed by atoms with van der Waals surface area (Å²) in [5, 5.41) is 0. The molecule has 0 saturated carbocycles. The summed E-state index contributed by atoms with van der Waals surface area (Å²) in [5.41, 5.74) is 1.08. The van der Waals surface area contributed by atoms with Crippen molar-refractivity contribution in [1.29, 1.82) is 0 Å². The van der Waals surface area contributed by atoms with Crippen molar-refractivity contribution in [3.8, 4) is 0 Å². The van der Waals surface area contributed by atoms with E-state index in [1.165, 1.54) is 39.1 Å². The van der Waals surface area contributed by atoms with Crippen LogP contribution >= 0.6 is 0 Å². The summed E-state index contributed by atoms with van der Waals surface area (Å²) >= 11 is 0. The molecule has 0 aromatic heterocycles. The molecule has 2 nitrogen and oxygen atoms in total. The molecule has 0 aliphatic carbocycles. The highest BCUT2D eigenvalue weighted by atomic mass is 15.3. The molecule has 2 atom stereocenters. The maximum atomic E-state index is 2.60. The van der Waals surface area contributed by atoms with Crippen LogP contribution in [-0.4, -0.2) is 49.6 Å². The smallest absolute Gasteiger partial charge is 0.00539 e. The molecule has 0 unspecified atom stereocenters. The molecule has 2 aliphatic heterocycles. The van der Waals surface area contributed by atoms with E-state index in [0.29, 0.717) is 10.8 Å². The van der Waals surface area contributed by atoms with Gasteiger partial charge in [0.05, 0.1) is 0 Å². The van der Waals surface area contributed by atoms with Crippen LogP contribution in [0.1, 0.15) is 41.0 Å². The maximum Gasteiger partial charge on any atom is 0.00539 e. The van der Waals surface area contributed by atoms with Gasteiger partial charge in [0.15, 0.2) is 0 Å². The topological polar surface area (TPSA) is 6.48 Å². The highest BCUT2D eigenvalue weighted by Gasteiger charge is 2.56. The molecule has 2 heterocycles. The fraction of sp³-hybridized carbons (Fsp3) is 1.00. The minimum absolute atomic E-state index is 0.539. The molecule has 2 aliphatic rings. The van der Waals surface area contributed by atoms with Crippen LogP contribution < -0.4 is 0 Å². The molecule has 16 heavy (non-hydrogen) atoms. The molecule has 0 aromatic carbocycles. The predicted octanol–water partition coefficient (Wildman–Crippen LogP) is 2.70. The van der Waals surface area contributed by atoms with Crippen molar-refractivity contribution in [2.45, 2.75) is 41.0 Å². The summed E-state index contributed by atoms with van der Waals surface area (Å²) in [4.78, 5) is 5.10. The number of rotatable bonds is 1. The lowest BCUT2D eigenvalue weighted by Gasteiger charge is -2.31. The van der Waals surface area contributed by atoms with Crippen molar-refractivity contribution in [3.63, 3.8) is 0 Å². The third-order valence-electron chi connectivity index (χ3n) is 4.29. The van der Waals surface area contributed by atoms with E-state index in [4.69, 9.17) is 0 Å². The lowest BCUT2D eigenvalue weighted by molar-refractivity contribution is 0.212. The third kappa shape index (κ3) is 2.43. The monoisotopic (exact) mass is 226 g/mol. The fourth-order valence-electron chi connectivity index (χ4n) is 3.38. The van der Waals surface area contributed by atoms with Gasteiger partial charge in [0.2, 0.25) is 0 Å². The highest BCUT2D eigenvalue weighted by molar-refractivity contribution is 5.08. The summed E-state index contributed by atoms with van der Waals surface area (Å²) in [5.74, 6) is 0. The average Bonchev–Trinajstić information content (AvgIpc) is 2.50. The van der Waals surface area contributed by atoms with E-state index in [2.05, 4.69) is 51.5 Å². The first kappa shape index (κ1) is 14.0. The number of hydrogen-bond acceptors (Lipinski definition) is 2. The van der Waals surface area contributed by atoms with Gasteiger partial charge in [-0.1, -0.05) is 41.0 Å². The van der Waals surface area contributed by atoms with E-state index >= 15 is 0 Å². The molecule has 2 heteroatoms. The molecule has 2 fully saturated rings. The quantitative estimate of drug-likeness (QED) is 0.678. The van der Waals surface area contributed by atoms with E-state index < -0.39 is 0 Å². The Kier molecular flexibility index (Phi) is 4.42. The first-order valence-corrected chi connectivity index (χ1v) is 6.81. The molecule has 0 aromatic rings. The van der Waals surface area contributed by atoms with Crippen LogP contribution in [0.2, 0.25) is 0 Å². The van der Waals surface area contributed by atoms with Crippen LogP contribution in [0, 0.1) is 10.8 Å². The highest BCUT2D eigenvalue weighted by Crippen LogP contribution is 2.50. The third-order valence-corrected chi connectivity index (χ3v) is 4.29. The minimum atomic E-state index is 0.539. The first-order chi connectivity index (χ1) is 7.40. The van der Waals surface area contributed by atoms with Crippen LogP contribution in [0.5, 0.6) is 0 Å². The van der Waals surface area contributed by atoms with Gasteiger partial charge in [-0.2, -0.15) is 0 Å². The molecule has 2 rings (SSSR count). The van der Waals surface area contributed by atoms with Gasteiger partial charge in [0.1, 0.15) is 0 Å². The van der Waals surface area contributed by atoms with E-state index in [-0.39, 0.29) is 0 Å². The van der Waals surface area contributed by atoms with Crippen LogP contribution in [0.25, 0.3) is 0 Å². The number of fused-ring (bicyclic) bond motifs is 1. The van der Waals surface area contributed by atoms with Gasteiger partial charge in [0.25, 0.3) is 0 Å². The molecule has 0 N–H and O–H groups in total. The lowest BCUT2D eigenvalue weighted by atomic mass is 9.71. The van der Waals surface area contributed by atoms with Crippen LogP contribution in [0.4, 0.5) is 0 Å². The second-order valence-electron chi connectivity index (χ2n) is 6.30. The molecular weight excluding hydrogens is 196 g/mol. The Labute approximate surface area is 102 Å². The van der Waals surface area contributed by atoms with Gasteiger partial charge < -0.3 is 9.80 Å². The second kappa shape index (κ2) is 5.05. The largest absolute Gasteiger partial charge is 0.305 e. The Morgan fingerprint density at radius 3 is 1.56 bits per heavy atom. The number of likely N-dealkylation sites (tertiary alicyclic amines) is 2. The van der Waals surface area contributed by atoms with Crippen LogP contribution in [-0.2, 0) is 0 Å². The average molecular weight is 226 g/mol. The molecule has 96 valence electrons. The number of nitrogens with zero attached hydrogens (tertiary/aromatic N) is 2. The Morgan fingerprint density at radius 1 is 0.875 bits per heavy atom. The zero-order valence-electron chi connectivity index (χ0n) is 12.1. The Balaban J connectivity index is 0.000000386. The van der Waals surface area contributed by atoms with Crippen LogP contribution in [0.15, 0.2) is 0 Å². The summed E-state index contributed by atoms with van der Waals surface area (Å²) in [6.07, 6.45) is 1.25. The van der Waals surface area contributed by atoms with Crippen molar-refractivity contribution in [3.05, 3.63) is 0 Å².